The Morgan fingerprint density at radius 3 is 2.50 bits per heavy atom. The van der Waals surface area contributed by atoms with E-state index in [4.69, 9.17) is 33.7 Å². The first-order valence-electron chi connectivity index (χ1n) is 5.75. The molecule has 0 saturated carbocycles. The normalized spacial score (nSPS) is 10.7. The summed E-state index contributed by atoms with van der Waals surface area (Å²) in [5.41, 5.74) is 5.86. The number of carbonyl (C=O) groups is 1. The van der Waals surface area contributed by atoms with Crippen molar-refractivity contribution in [1.29, 1.82) is 0 Å². The van der Waals surface area contributed by atoms with Gasteiger partial charge in [0.25, 0.3) is 0 Å². The van der Waals surface area contributed by atoms with Crippen LogP contribution >= 0.6 is 23.2 Å². The summed E-state index contributed by atoms with van der Waals surface area (Å²) in [5, 5.41) is 0.895. The molecular weight excluding hydrogens is 297 g/mol. The van der Waals surface area contributed by atoms with Crippen molar-refractivity contribution in [2.75, 3.05) is 0 Å². The van der Waals surface area contributed by atoms with E-state index in [1.807, 2.05) is 12.1 Å². The number of ether oxygens (including phenoxy) is 1. The molecule has 2 aromatic carbocycles. The Morgan fingerprint density at radius 1 is 1.05 bits per heavy atom. The third-order valence-electron chi connectivity index (χ3n) is 2.42. The minimum atomic E-state index is -0.499. The molecule has 0 aliphatic rings. The summed E-state index contributed by atoms with van der Waals surface area (Å²) in [7, 11) is 0. The molecule has 0 saturated heterocycles. The van der Waals surface area contributed by atoms with Crippen LogP contribution in [0.3, 0.4) is 0 Å². The molecule has 0 fully saturated rings. The summed E-state index contributed by atoms with van der Waals surface area (Å²) >= 11 is 11.8. The highest BCUT2D eigenvalue weighted by Crippen LogP contribution is 2.29. The summed E-state index contributed by atoms with van der Waals surface area (Å²) in [5.74, 6) is 0.700. The van der Waals surface area contributed by atoms with Gasteiger partial charge in [-0.05, 0) is 35.9 Å². The molecule has 0 unspecified atom stereocenters. The molecule has 2 N–H and O–H groups in total. The zero-order valence-corrected chi connectivity index (χ0v) is 11.9. The lowest BCUT2D eigenvalue weighted by molar-refractivity contribution is -0.113. The minimum Gasteiger partial charge on any atom is -0.457 e. The van der Waals surface area contributed by atoms with Crippen molar-refractivity contribution >= 4 is 35.2 Å². The molecule has 0 radical (unpaired) electrons. The van der Waals surface area contributed by atoms with Gasteiger partial charge in [-0.3, -0.25) is 4.79 Å². The molecule has 0 bridgehead atoms. The van der Waals surface area contributed by atoms with Crippen LogP contribution in [-0.2, 0) is 4.79 Å². The highest BCUT2D eigenvalue weighted by atomic mass is 35.5. The second-order valence-electron chi connectivity index (χ2n) is 3.99. The fourth-order valence-electron chi connectivity index (χ4n) is 1.54. The van der Waals surface area contributed by atoms with Crippen molar-refractivity contribution in [1.82, 2.24) is 0 Å². The number of amides is 1. The van der Waals surface area contributed by atoms with Crippen LogP contribution in [0.2, 0.25) is 10.0 Å². The zero-order valence-electron chi connectivity index (χ0n) is 10.3. The Labute approximate surface area is 126 Å². The lowest BCUT2D eigenvalue weighted by Crippen LogP contribution is -2.05. The van der Waals surface area contributed by atoms with Gasteiger partial charge in [0.1, 0.15) is 11.5 Å². The molecule has 0 aromatic heterocycles. The number of rotatable bonds is 4. The Hall–Kier alpha value is -1.97. The Kier molecular flexibility index (Phi) is 4.66. The highest BCUT2D eigenvalue weighted by molar-refractivity contribution is 6.42. The van der Waals surface area contributed by atoms with Gasteiger partial charge in [-0.1, -0.05) is 35.3 Å². The van der Waals surface area contributed by atoms with Gasteiger partial charge in [0.05, 0.1) is 10.0 Å². The molecule has 3 nitrogen and oxygen atoms in total. The second-order valence-corrected chi connectivity index (χ2v) is 4.80. The van der Waals surface area contributed by atoms with E-state index in [1.54, 1.807) is 36.4 Å². The van der Waals surface area contributed by atoms with Crippen molar-refractivity contribution in [3.63, 3.8) is 0 Å². The summed E-state index contributed by atoms with van der Waals surface area (Å²) in [6, 6.07) is 12.2. The molecule has 0 atom stereocenters. The van der Waals surface area contributed by atoms with E-state index in [9.17, 15) is 4.79 Å². The molecule has 102 valence electrons. The monoisotopic (exact) mass is 307 g/mol. The van der Waals surface area contributed by atoms with E-state index in [-0.39, 0.29) is 0 Å². The van der Waals surface area contributed by atoms with Crippen LogP contribution in [0, 0.1) is 0 Å². The van der Waals surface area contributed by atoms with Crippen LogP contribution in [0.4, 0.5) is 0 Å². The standard InChI is InChI=1S/C15H11Cl2NO2/c16-13-6-5-12(9-14(13)17)20-11-3-1-2-10(8-11)4-7-15(18)19/h1-9H,(H2,18,19)/b7-4-. The second kappa shape index (κ2) is 6.46. The quantitative estimate of drug-likeness (QED) is 0.857. The SMILES string of the molecule is NC(=O)/C=C\c1cccc(Oc2ccc(Cl)c(Cl)c2)c1. The first-order chi connectivity index (χ1) is 9.54. The number of benzene rings is 2. The van der Waals surface area contributed by atoms with E-state index in [1.165, 1.54) is 6.08 Å². The number of nitrogens with two attached hydrogens (primary N) is 1. The number of hydrogen-bond acceptors (Lipinski definition) is 2. The number of carbonyl (C=O) groups excluding carboxylic acids is 1. The van der Waals surface area contributed by atoms with Gasteiger partial charge in [0.2, 0.25) is 5.91 Å². The van der Waals surface area contributed by atoms with Crippen molar-refractivity contribution < 1.29 is 9.53 Å². The number of hydrogen-bond donors (Lipinski definition) is 1. The van der Waals surface area contributed by atoms with E-state index in [2.05, 4.69) is 0 Å². The topological polar surface area (TPSA) is 52.3 Å². The van der Waals surface area contributed by atoms with Crippen LogP contribution in [0.15, 0.2) is 48.5 Å². The molecule has 5 heteroatoms. The molecule has 0 heterocycles. The lowest BCUT2D eigenvalue weighted by atomic mass is 10.2. The van der Waals surface area contributed by atoms with Crippen molar-refractivity contribution in [3.8, 4) is 11.5 Å². The molecule has 1 amide bonds. The zero-order chi connectivity index (χ0) is 14.5. The maximum atomic E-state index is 10.7. The summed E-state index contributed by atoms with van der Waals surface area (Å²) in [6.45, 7) is 0. The van der Waals surface area contributed by atoms with Gasteiger partial charge in [0.15, 0.2) is 0 Å². The van der Waals surface area contributed by atoms with Gasteiger partial charge in [-0.15, -0.1) is 0 Å². The first-order valence-corrected chi connectivity index (χ1v) is 6.51. The Bertz CT molecular complexity index is 669. The first kappa shape index (κ1) is 14.4. The number of primary amides is 1. The van der Waals surface area contributed by atoms with Crippen LogP contribution in [0.1, 0.15) is 5.56 Å². The Morgan fingerprint density at radius 2 is 1.80 bits per heavy atom. The average molecular weight is 308 g/mol. The molecule has 20 heavy (non-hydrogen) atoms. The van der Waals surface area contributed by atoms with Gasteiger partial charge in [-0.2, -0.15) is 0 Å². The van der Waals surface area contributed by atoms with E-state index in [0.717, 1.165) is 5.56 Å². The summed E-state index contributed by atoms with van der Waals surface area (Å²) in [4.78, 5) is 10.7. The fraction of sp³-hybridized carbons (Fsp3) is 0. The lowest BCUT2D eigenvalue weighted by Gasteiger charge is -2.07. The van der Waals surface area contributed by atoms with E-state index in [0.29, 0.717) is 21.5 Å². The largest absolute Gasteiger partial charge is 0.457 e. The maximum absolute atomic E-state index is 10.7. The van der Waals surface area contributed by atoms with Gasteiger partial charge < -0.3 is 10.5 Å². The molecule has 2 rings (SSSR count). The van der Waals surface area contributed by atoms with Crippen molar-refractivity contribution in [3.05, 3.63) is 64.1 Å². The maximum Gasteiger partial charge on any atom is 0.241 e. The molecule has 2 aromatic rings. The minimum absolute atomic E-state index is 0.425. The van der Waals surface area contributed by atoms with E-state index >= 15 is 0 Å². The molecule has 0 aliphatic heterocycles. The van der Waals surface area contributed by atoms with Crippen LogP contribution < -0.4 is 10.5 Å². The van der Waals surface area contributed by atoms with Crippen LogP contribution in [0.5, 0.6) is 11.5 Å². The molecular formula is C15H11Cl2NO2. The summed E-state index contributed by atoms with van der Waals surface area (Å²) < 4.78 is 5.67. The fourth-order valence-corrected chi connectivity index (χ4v) is 1.82. The van der Waals surface area contributed by atoms with Crippen molar-refractivity contribution in [2.24, 2.45) is 5.73 Å². The number of halogens is 2. The van der Waals surface area contributed by atoms with Gasteiger partial charge >= 0.3 is 0 Å². The van der Waals surface area contributed by atoms with Crippen LogP contribution in [0.25, 0.3) is 6.08 Å². The summed E-state index contributed by atoms with van der Waals surface area (Å²) in [6.07, 6.45) is 2.91. The highest BCUT2D eigenvalue weighted by Gasteiger charge is 2.02. The van der Waals surface area contributed by atoms with Gasteiger partial charge in [-0.25, -0.2) is 0 Å². The van der Waals surface area contributed by atoms with Crippen molar-refractivity contribution in [2.45, 2.75) is 0 Å². The Balaban J connectivity index is 2.19. The predicted molar refractivity (Wildman–Crippen MR) is 81.2 cm³/mol. The average Bonchev–Trinajstić information content (AvgIpc) is 2.41. The van der Waals surface area contributed by atoms with E-state index < -0.39 is 5.91 Å². The third kappa shape index (κ3) is 4.02. The van der Waals surface area contributed by atoms with Gasteiger partial charge in [0, 0.05) is 12.1 Å². The predicted octanol–water partition coefficient (Wildman–Crippen LogP) is 4.28. The molecule has 0 aliphatic carbocycles. The molecule has 0 spiro atoms. The van der Waals surface area contributed by atoms with Crippen LogP contribution in [-0.4, -0.2) is 5.91 Å². The smallest absolute Gasteiger partial charge is 0.241 e. The third-order valence-corrected chi connectivity index (χ3v) is 3.16.